The fraction of sp³-hybridized carbons (Fsp3) is 0.269. The average Bonchev–Trinajstić information content (AvgIpc) is 3.20. The predicted molar refractivity (Wildman–Crippen MR) is 131 cm³/mol. The fourth-order valence-corrected chi connectivity index (χ4v) is 4.37. The van der Waals surface area contributed by atoms with Crippen LogP contribution in [0.5, 0.6) is 11.5 Å². The topological polar surface area (TPSA) is 104 Å². The summed E-state index contributed by atoms with van der Waals surface area (Å²) in [7, 11) is 1.59. The van der Waals surface area contributed by atoms with Crippen molar-refractivity contribution in [2.24, 2.45) is 0 Å². The maximum absolute atomic E-state index is 13.4. The Labute approximate surface area is 207 Å². The molecule has 0 bridgehead atoms. The van der Waals surface area contributed by atoms with Crippen molar-refractivity contribution in [3.8, 4) is 28.7 Å². The average molecular weight is 489 g/mol. The SMILES string of the molecule is COc1cc([C@H]2CC(=O)Nc3c2c(C)nn3-c2nncc(-c3ccc(F)cc3)n2)ccc1OC(C)C. The summed E-state index contributed by atoms with van der Waals surface area (Å²) in [5.74, 6) is 1.18. The van der Waals surface area contributed by atoms with Gasteiger partial charge in [0.05, 0.1) is 30.8 Å². The van der Waals surface area contributed by atoms with Gasteiger partial charge in [0.25, 0.3) is 5.95 Å². The van der Waals surface area contributed by atoms with E-state index in [-0.39, 0.29) is 36.1 Å². The van der Waals surface area contributed by atoms with E-state index in [1.165, 1.54) is 23.0 Å². The van der Waals surface area contributed by atoms with Crippen molar-refractivity contribution in [2.45, 2.75) is 39.2 Å². The zero-order valence-electron chi connectivity index (χ0n) is 20.3. The van der Waals surface area contributed by atoms with Gasteiger partial charge in [0.2, 0.25) is 5.91 Å². The molecule has 184 valence electrons. The molecule has 36 heavy (non-hydrogen) atoms. The summed E-state index contributed by atoms with van der Waals surface area (Å²) in [6.45, 7) is 5.78. The van der Waals surface area contributed by atoms with Crippen LogP contribution < -0.4 is 14.8 Å². The Bertz CT molecular complexity index is 1430. The molecule has 2 aromatic carbocycles. The van der Waals surface area contributed by atoms with Gasteiger partial charge >= 0.3 is 0 Å². The van der Waals surface area contributed by atoms with E-state index in [1.54, 1.807) is 19.2 Å². The highest BCUT2D eigenvalue weighted by Gasteiger charge is 2.34. The molecule has 5 rings (SSSR count). The monoisotopic (exact) mass is 488 g/mol. The molecule has 0 radical (unpaired) electrons. The number of ether oxygens (including phenoxy) is 2. The van der Waals surface area contributed by atoms with Crippen LogP contribution in [-0.2, 0) is 4.79 Å². The Kier molecular flexibility index (Phi) is 6.09. The lowest BCUT2D eigenvalue weighted by Crippen LogP contribution is -2.25. The number of aryl methyl sites for hydroxylation is 1. The molecule has 0 fully saturated rings. The molecule has 9 nitrogen and oxygen atoms in total. The quantitative estimate of drug-likeness (QED) is 0.428. The van der Waals surface area contributed by atoms with E-state index in [4.69, 9.17) is 9.47 Å². The normalized spacial score (nSPS) is 14.9. The minimum Gasteiger partial charge on any atom is -0.493 e. The molecule has 1 atom stereocenters. The van der Waals surface area contributed by atoms with E-state index in [2.05, 4.69) is 25.6 Å². The van der Waals surface area contributed by atoms with Gasteiger partial charge in [0.1, 0.15) is 11.6 Å². The molecule has 1 N–H and O–H groups in total. The van der Waals surface area contributed by atoms with Crippen LogP contribution in [0.2, 0.25) is 0 Å². The molecule has 1 amide bonds. The Morgan fingerprint density at radius 1 is 1.14 bits per heavy atom. The third-order valence-electron chi connectivity index (χ3n) is 5.93. The molecule has 3 heterocycles. The maximum atomic E-state index is 13.4. The maximum Gasteiger partial charge on any atom is 0.272 e. The van der Waals surface area contributed by atoms with Crippen molar-refractivity contribution in [3.63, 3.8) is 0 Å². The van der Waals surface area contributed by atoms with Gasteiger partial charge in [-0.05, 0) is 62.7 Å². The molecular formula is C26H25FN6O3. The van der Waals surface area contributed by atoms with Crippen molar-refractivity contribution in [1.29, 1.82) is 0 Å². The molecular weight excluding hydrogens is 463 g/mol. The summed E-state index contributed by atoms with van der Waals surface area (Å²) in [5.41, 5.74) is 3.69. The first-order chi connectivity index (χ1) is 17.3. The van der Waals surface area contributed by atoms with Gasteiger partial charge < -0.3 is 14.8 Å². The number of anilines is 1. The van der Waals surface area contributed by atoms with Crippen molar-refractivity contribution in [1.82, 2.24) is 25.0 Å². The number of hydrogen-bond donors (Lipinski definition) is 1. The molecule has 2 aromatic heterocycles. The number of amides is 1. The molecule has 0 unspecified atom stereocenters. The highest BCUT2D eigenvalue weighted by molar-refractivity contribution is 5.95. The van der Waals surface area contributed by atoms with Gasteiger partial charge in [-0.2, -0.15) is 14.9 Å². The first-order valence-electron chi connectivity index (χ1n) is 11.5. The molecule has 1 aliphatic rings. The van der Waals surface area contributed by atoms with Gasteiger partial charge in [-0.1, -0.05) is 6.07 Å². The van der Waals surface area contributed by atoms with Crippen LogP contribution in [0.3, 0.4) is 0 Å². The second kappa shape index (κ2) is 9.37. The number of aromatic nitrogens is 5. The van der Waals surface area contributed by atoms with Gasteiger partial charge in [-0.15, -0.1) is 5.10 Å². The van der Waals surface area contributed by atoms with Crippen LogP contribution in [0.15, 0.2) is 48.7 Å². The zero-order chi connectivity index (χ0) is 25.4. The summed E-state index contributed by atoms with van der Waals surface area (Å²) in [5, 5.41) is 15.8. The summed E-state index contributed by atoms with van der Waals surface area (Å²) in [4.78, 5) is 17.4. The summed E-state index contributed by atoms with van der Waals surface area (Å²) in [6, 6.07) is 11.6. The molecule has 4 aromatic rings. The third-order valence-corrected chi connectivity index (χ3v) is 5.93. The lowest BCUT2D eigenvalue weighted by atomic mass is 9.85. The van der Waals surface area contributed by atoms with Crippen LogP contribution >= 0.6 is 0 Å². The molecule has 0 spiro atoms. The Hall–Kier alpha value is -4.34. The second-order valence-corrected chi connectivity index (χ2v) is 8.79. The first-order valence-corrected chi connectivity index (χ1v) is 11.5. The van der Waals surface area contributed by atoms with Crippen LogP contribution in [-0.4, -0.2) is 44.1 Å². The van der Waals surface area contributed by atoms with E-state index in [0.29, 0.717) is 28.6 Å². The van der Waals surface area contributed by atoms with Gasteiger partial charge in [0.15, 0.2) is 11.5 Å². The van der Waals surface area contributed by atoms with Gasteiger partial charge in [-0.3, -0.25) is 4.79 Å². The number of methoxy groups -OCH3 is 1. The standard InChI is InChI=1S/C26H25FN6O3/c1-14(2)36-21-10-7-17(11-22(21)35-4)19-12-23(34)30-25-24(19)15(3)32-33(25)26-29-20(13-28-31-26)16-5-8-18(27)9-6-16/h5-11,13-14,19H,12H2,1-4H3,(H,30,34)/t19-/m1/s1. The fourth-order valence-electron chi connectivity index (χ4n) is 4.37. The Morgan fingerprint density at radius 3 is 2.64 bits per heavy atom. The number of hydrogen-bond acceptors (Lipinski definition) is 7. The predicted octanol–water partition coefficient (Wildman–Crippen LogP) is 4.44. The summed E-state index contributed by atoms with van der Waals surface area (Å²) < 4.78 is 26.3. The number of fused-ring (bicyclic) bond motifs is 1. The van der Waals surface area contributed by atoms with Crippen LogP contribution in [0.4, 0.5) is 10.2 Å². The molecule has 10 heteroatoms. The lowest BCUT2D eigenvalue weighted by Gasteiger charge is -2.25. The highest BCUT2D eigenvalue weighted by Crippen LogP contribution is 2.42. The molecule has 0 saturated heterocycles. The summed E-state index contributed by atoms with van der Waals surface area (Å²) >= 11 is 0. The molecule has 1 aliphatic heterocycles. The smallest absolute Gasteiger partial charge is 0.272 e. The lowest BCUT2D eigenvalue weighted by molar-refractivity contribution is -0.116. The van der Waals surface area contributed by atoms with Crippen molar-refractivity contribution < 1.29 is 18.7 Å². The number of halogens is 1. The molecule has 0 saturated carbocycles. The zero-order valence-corrected chi connectivity index (χ0v) is 20.3. The number of carbonyl (C=O) groups is 1. The minimum atomic E-state index is -0.341. The van der Waals surface area contributed by atoms with Crippen molar-refractivity contribution >= 4 is 11.7 Å². The number of nitrogens with one attached hydrogen (secondary N) is 1. The first kappa shape index (κ1) is 23.4. The third kappa shape index (κ3) is 4.37. The second-order valence-electron chi connectivity index (χ2n) is 8.79. The highest BCUT2D eigenvalue weighted by atomic mass is 19.1. The van der Waals surface area contributed by atoms with Gasteiger partial charge in [0, 0.05) is 23.5 Å². The van der Waals surface area contributed by atoms with Crippen LogP contribution in [0.1, 0.15) is 43.0 Å². The van der Waals surface area contributed by atoms with E-state index >= 15 is 0 Å². The van der Waals surface area contributed by atoms with E-state index in [1.807, 2.05) is 39.0 Å². The van der Waals surface area contributed by atoms with Crippen LogP contribution in [0.25, 0.3) is 17.2 Å². The number of benzene rings is 2. The number of carbonyl (C=O) groups excluding carboxylic acids is 1. The van der Waals surface area contributed by atoms with E-state index in [9.17, 15) is 9.18 Å². The summed E-state index contributed by atoms with van der Waals surface area (Å²) in [6.07, 6.45) is 1.74. The number of nitrogens with zero attached hydrogens (tertiary/aromatic N) is 5. The van der Waals surface area contributed by atoms with E-state index < -0.39 is 0 Å². The van der Waals surface area contributed by atoms with Gasteiger partial charge in [-0.25, -0.2) is 9.37 Å². The van der Waals surface area contributed by atoms with Crippen molar-refractivity contribution in [2.75, 3.05) is 12.4 Å². The Morgan fingerprint density at radius 2 is 1.92 bits per heavy atom. The molecule has 0 aliphatic carbocycles. The number of rotatable bonds is 6. The Balaban J connectivity index is 1.57. The van der Waals surface area contributed by atoms with Crippen LogP contribution in [0, 0.1) is 12.7 Å². The largest absolute Gasteiger partial charge is 0.493 e. The van der Waals surface area contributed by atoms with E-state index in [0.717, 1.165) is 16.8 Å². The van der Waals surface area contributed by atoms with Crippen molar-refractivity contribution in [3.05, 3.63) is 71.3 Å². The minimum absolute atomic E-state index is 0.00318.